The molecule has 0 bridgehead atoms. The van der Waals surface area contributed by atoms with Crippen LogP contribution in [0.3, 0.4) is 0 Å². The summed E-state index contributed by atoms with van der Waals surface area (Å²) in [6.45, 7) is 2.52. The lowest BCUT2D eigenvalue weighted by molar-refractivity contribution is -0.143. The number of aromatic nitrogens is 1. The Hall–Kier alpha value is -3.97. The lowest BCUT2D eigenvalue weighted by Gasteiger charge is -2.24. The van der Waals surface area contributed by atoms with E-state index in [1.54, 1.807) is 44.3 Å². The smallest absolute Gasteiger partial charge is 0.326 e. The largest absolute Gasteiger partial charge is 0.481 e. The number of nitrogens with one attached hydrogen (secondary N) is 4. The van der Waals surface area contributed by atoms with Crippen molar-refractivity contribution >= 4 is 40.6 Å². The Balaban J connectivity index is 2.14. The summed E-state index contributed by atoms with van der Waals surface area (Å²) in [6.07, 6.45) is 0.634. The number of carboxylic acids is 2. The Labute approximate surface area is 206 Å². The first-order chi connectivity index (χ1) is 16.9. The predicted molar refractivity (Wildman–Crippen MR) is 128 cm³/mol. The van der Waals surface area contributed by atoms with Crippen molar-refractivity contribution in [3.05, 3.63) is 36.0 Å². The van der Waals surface area contributed by atoms with E-state index in [9.17, 15) is 39.3 Å². The molecule has 0 aliphatic carbocycles. The number of nitrogens with two attached hydrogens (primary N) is 1. The van der Waals surface area contributed by atoms with Crippen molar-refractivity contribution < 1.29 is 39.3 Å². The molecule has 13 heteroatoms. The van der Waals surface area contributed by atoms with Gasteiger partial charge in [-0.15, -0.1) is 0 Å². The maximum Gasteiger partial charge on any atom is 0.326 e. The zero-order valence-corrected chi connectivity index (χ0v) is 19.9. The topological polar surface area (TPSA) is 224 Å². The second-order valence-electron chi connectivity index (χ2n) is 8.64. The molecule has 4 atom stereocenters. The summed E-state index contributed by atoms with van der Waals surface area (Å²) in [4.78, 5) is 63.7. The number of carbonyl (C=O) groups excluding carboxylic acids is 3. The third kappa shape index (κ3) is 7.52. The first-order valence-electron chi connectivity index (χ1n) is 11.2. The van der Waals surface area contributed by atoms with Crippen LogP contribution in [0.2, 0.25) is 0 Å². The number of hydrogen-bond acceptors (Lipinski definition) is 7. The van der Waals surface area contributed by atoms with Gasteiger partial charge in [0.15, 0.2) is 0 Å². The number of fused-ring (bicyclic) bond motifs is 1. The fourth-order valence-corrected chi connectivity index (χ4v) is 3.41. The van der Waals surface area contributed by atoms with E-state index in [-0.39, 0.29) is 12.3 Å². The van der Waals surface area contributed by atoms with E-state index in [2.05, 4.69) is 20.9 Å². The molecule has 1 aromatic heterocycles. The van der Waals surface area contributed by atoms with Crippen LogP contribution in [0, 0.1) is 5.92 Å². The van der Waals surface area contributed by atoms with E-state index in [1.165, 1.54) is 0 Å². The van der Waals surface area contributed by atoms with Gasteiger partial charge < -0.3 is 42.0 Å². The molecular weight excluding hydrogens is 474 g/mol. The highest BCUT2D eigenvalue weighted by atomic mass is 16.4. The van der Waals surface area contributed by atoms with Crippen molar-refractivity contribution in [3.63, 3.8) is 0 Å². The monoisotopic (exact) mass is 505 g/mol. The maximum absolute atomic E-state index is 12.8. The Bertz CT molecular complexity index is 1110. The minimum Gasteiger partial charge on any atom is -0.481 e. The summed E-state index contributed by atoms with van der Waals surface area (Å²) < 4.78 is 0. The maximum atomic E-state index is 12.8. The number of aliphatic hydroxyl groups is 1. The summed E-state index contributed by atoms with van der Waals surface area (Å²) in [5.74, 6) is -5.87. The molecule has 2 aromatic rings. The van der Waals surface area contributed by atoms with Gasteiger partial charge in [-0.25, -0.2) is 4.79 Å². The SMILES string of the molecule is CC(C)C(N)C(=O)NC(CO)C(=O)NC(CC(=O)O)C(=O)NC(Cc1c[nH]c2ccccc12)C(=O)O. The quantitative estimate of drug-likeness (QED) is 0.162. The van der Waals surface area contributed by atoms with Crippen LogP contribution >= 0.6 is 0 Å². The standard InChI is InChI=1S/C23H31N5O8/c1-11(2)19(24)22(34)28-17(10-29)21(33)26-15(8-18(30)31)20(32)27-16(23(35)36)7-12-9-25-14-6-4-3-5-13(12)14/h3-6,9,11,15-17,19,25,29H,7-8,10,24H2,1-2H3,(H,26,33)(H,27,32)(H,28,34)(H,30,31)(H,35,36). The fourth-order valence-electron chi connectivity index (χ4n) is 3.41. The number of aliphatic hydroxyl groups excluding tert-OH is 1. The fraction of sp³-hybridized carbons (Fsp3) is 0.435. The molecule has 196 valence electrons. The molecule has 0 saturated carbocycles. The van der Waals surface area contributed by atoms with Crippen molar-refractivity contribution in [2.45, 2.75) is 50.9 Å². The zero-order valence-electron chi connectivity index (χ0n) is 19.9. The number of rotatable bonds is 13. The second-order valence-corrected chi connectivity index (χ2v) is 8.64. The summed E-state index contributed by atoms with van der Waals surface area (Å²) in [5, 5.41) is 35.8. The predicted octanol–water partition coefficient (Wildman–Crippen LogP) is -1.30. The molecular formula is C23H31N5O8. The van der Waals surface area contributed by atoms with E-state index >= 15 is 0 Å². The van der Waals surface area contributed by atoms with Gasteiger partial charge in [-0.1, -0.05) is 32.0 Å². The lowest BCUT2D eigenvalue weighted by atomic mass is 10.0. The number of amides is 3. The number of benzene rings is 1. The number of carboxylic acid groups (broad SMARTS) is 2. The van der Waals surface area contributed by atoms with Gasteiger partial charge in [0.05, 0.1) is 19.1 Å². The van der Waals surface area contributed by atoms with E-state index in [0.29, 0.717) is 5.56 Å². The van der Waals surface area contributed by atoms with E-state index in [4.69, 9.17) is 5.73 Å². The molecule has 2 rings (SSSR count). The van der Waals surface area contributed by atoms with Crippen LogP contribution in [0.15, 0.2) is 30.5 Å². The van der Waals surface area contributed by atoms with Crippen LogP contribution in [0.25, 0.3) is 10.9 Å². The molecule has 0 aliphatic rings. The van der Waals surface area contributed by atoms with Gasteiger partial charge in [-0.3, -0.25) is 19.2 Å². The Morgan fingerprint density at radius 2 is 1.50 bits per heavy atom. The molecule has 0 radical (unpaired) electrons. The van der Waals surface area contributed by atoms with Gasteiger partial charge >= 0.3 is 11.9 Å². The highest BCUT2D eigenvalue weighted by Gasteiger charge is 2.32. The van der Waals surface area contributed by atoms with Gasteiger partial charge in [-0.2, -0.15) is 0 Å². The zero-order chi connectivity index (χ0) is 27.0. The number of aliphatic carboxylic acids is 2. The van der Waals surface area contributed by atoms with Gasteiger partial charge in [0.1, 0.15) is 18.1 Å². The molecule has 36 heavy (non-hydrogen) atoms. The van der Waals surface area contributed by atoms with Crippen LogP contribution < -0.4 is 21.7 Å². The Morgan fingerprint density at radius 1 is 0.917 bits per heavy atom. The molecule has 13 nitrogen and oxygen atoms in total. The highest BCUT2D eigenvalue weighted by Crippen LogP contribution is 2.19. The van der Waals surface area contributed by atoms with Crippen LogP contribution in [-0.4, -0.2) is 80.7 Å². The number of aromatic amines is 1. The third-order valence-corrected chi connectivity index (χ3v) is 5.56. The molecule has 0 fully saturated rings. The van der Waals surface area contributed by atoms with Crippen molar-refractivity contribution in [2.75, 3.05) is 6.61 Å². The van der Waals surface area contributed by atoms with Gasteiger partial charge in [0.2, 0.25) is 17.7 Å². The second kappa shape index (κ2) is 12.7. The Morgan fingerprint density at radius 3 is 2.08 bits per heavy atom. The molecule has 9 N–H and O–H groups in total. The average Bonchev–Trinajstić information content (AvgIpc) is 3.23. The number of para-hydroxylation sites is 1. The van der Waals surface area contributed by atoms with Crippen molar-refractivity contribution in [2.24, 2.45) is 11.7 Å². The summed E-state index contributed by atoms with van der Waals surface area (Å²) in [5.41, 5.74) is 7.11. The summed E-state index contributed by atoms with van der Waals surface area (Å²) >= 11 is 0. The van der Waals surface area contributed by atoms with Crippen LogP contribution in [-0.2, 0) is 30.4 Å². The number of H-pyrrole nitrogens is 1. The van der Waals surface area contributed by atoms with Crippen LogP contribution in [0.1, 0.15) is 25.8 Å². The Kier molecular flexibility index (Phi) is 9.93. The average molecular weight is 506 g/mol. The van der Waals surface area contributed by atoms with E-state index in [0.717, 1.165) is 10.9 Å². The molecule has 0 spiro atoms. The van der Waals surface area contributed by atoms with Crippen LogP contribution in [0.5, 0.6) is 0 Å². The molecule has 1 heterocycles. The van der Waals surface area contributed by atoms with Crippen molar-refractivity contribution in [1.82, 2.24) is 20.9 Å². The summed E-state index contributed by atoms with van der Waals surface area (Å²) in [6, 6.07) is 1.58. The van der Waals surface area contributed by atoms with Gasteiger partial charge in [-0.05, 0) is 17.5 Å². The van der Waals surface area contributed by atoms with Crippen molar-refractivity contribution in [3.8, 4) is 0 Å². The minimum atomic E-state index is -1.68. The van der Waals surface area contributed by atoms with Crippen molar-refractivity contribution in [1.29, 1.82) is 0 Å². The summed E-state index contributed by atoms with van der Waals surface area (Å²) in [7, 11) is 0. The molecule has 3 amide bonds. The third-order valence-electron chi connectivity index (χ3n) is 5.56. The number of carbonyl (C=O) groups is 5. The highest BCUT2D eigenvalue weighted by molar-refractivity contribution is 5.96. The van der Waals surface area contributed by atoms with Crippen LogP contribution in [0.4, 0.5) is 0 Å². The van der Waals surface area contributed by atoms with Gasteiger partial charge in [0.25, 0.3) is 0 Å². The first-order valence-corrected chi connectivity index (χ1v) is 11.2. The normalized spacial score (nSPS) is 14.5. The lowest BCUT2D eigenvalue weighted by Crippen LogP contribution is -2.59. The molecule has 0 aliphatic heterocycles. The first kappa shape index (κ1) is 28.3. The molecule has 1 aromatic carbocycles. The van der Waals surface area contributed by atoms with E-state index < -0.39 is 66.9 Å². The minimum absolute atomic E-state index is 0.110. The molecule has 0 saturated heterocycles. The van der Waals surface area contributed by atoms with Gasteiger partial charge in [0, 0.05) is 23.5 Å². The van der Waals surface area contributed by atoms with E-state index in [1.807, 2.05) is 0 Å². The number of hydrogen-bond donors (Lipinski definition) is 8. The molecule has 4 unspecified atom stereocenters.